The summed E-state index contributed by atoms with van der Waals surface area (Å²) in [7, 11) is 0. The number of carboxylic acid groups (broad SMARTS) is 1. The lowest BCUT2D eigenvalue weighted by molar-refractivity contribution is -0.192. The molecule has 0 aromatic heterocycles. The smallest absolute Gasteiger partial charge is 0.475 e. The summed E-state index contributed by atoms with van der Waals surface area (Å²) in [6.07, 6.45) is -5.08. The number of aliphatic carboxylic acids is 1. The highest BCUT2D eigenvalue weighted by molar-refractivity contribution is 5.73. The van der Waals surface area contributed by atoms with Crippen molar-refractivity contribution < 1.29 is 23.1 Å². The zero-order valence-corrected chi connectivity index (χ0v) is 7.35. The van der Waals surface area contributed by atoms with E-state index in [2.05, 4.69) is 19.2 Å². The van der Waals surface area contributed by atoms with Gasteiger partial charge in [0.25, 0.3) is 0 Å². The molecular weight excluding hydrogens is 187 g/mol. The molecule has 0 aliphatic carbocycles. The third-order valence-electron chi connectivity index (χ3n) is 1.86. The normalized spacial score (nSPS) is 26.8. The monoisotopic (exact) mass is 199 g/mol. The maximum atomic E-state index is 10.6. The summed E-state index contributed by atoms with van der Waals surface area (Å²) in [5, 5.41) is 10.4. The number of carboxylic acids is 1. The van der Waals surface area contributed by atoms with E-state index >= 15 is 0 Å². The SMILES string of the molecule is CC1CNC1C.O=C(O)C(F)(F)F. The predicted molar refractivity (Wildman–Crippen MR) is 40.3 cm³/mol. The fourth-order valence-electron chi connectivity index (χ4n) is 0.589. The Morgan fingerprint density at radius 2 is 1.77 bits per heavy atom. The molecule has 0 bridgehead atoms. The molecule has 13 heavy (non-hydrogen) atoms. The minimum atomic E-state index is -5.08. The molecule has 1 saturated heterocycles. The van der Waals surface area contributed by atoms with Crippen LogP contribution >= 0.6 is 0 Å². The third kappa shape index (κ3) is 4.72. The molecule has 0 aromatic rings. The van der Waals surface area contributed by atoms with Crippen molar-refractivity contribution in [1.29, 1.82) is 0 Å². The summed E-state index contributed by atoms with van der Waals surface area (Å²) in [5.74, 6) is -1.84. The summed E-state index contributed by atoms with van der Waals surface area (Å²) < 4.78 is 31.7. The minimum absolute atomic E-state index is 0.782. The molecule has 0 spiro atoms. The molecule has 0 radical (unpaired) electrons. The van der Waals surface area contributed by atoms with Gasteiger partial charge in [-0.1, -0.05) is 6.92 Å². The average molecular weight is 199 g/mol. The molecule has 0 aromatic carbocycles. The molecule has 0 amide bonds. The van der Waals surface area contributed by atoms with Gasteiger partial charge in [0.2, 0.25) is 0 Å². The van der Waals surface area contributed by atoms with Crippen LogP contribution in [0.1, 0.15) is 13.8 Å². The fourth-order valence-corrected chi connectivity index (χ4v) is 0.589. The molecule has 1 heterocycles. The molecule has 78 valence electrons. The van der Waals surface area contributed by atoms with Crippen LogP contribution in [0.4, 0.5) is 13.2 Å². The standard InChI is InChI=1S/C5H11N.C2HF3O2/c1-4-3-6-5(4)2;3-2(4,5)1(6)7/h4-6H,3H2,1-2H3;(H,6,7). The van der Waals surface area contributed by atoms with Crippen LogP contribution in [0.15, 0.2) is 0 Å². The van der Waals surface area contributed by atoms with Gasteiger partial charge >= 0.3 is 12.1 Å². The summed E-state index contributed by atoms with van der Waals surface area (Å²) in [5.41, 5.74) is 0. The van der Waals surface area contributed by atoms with Crippen LogP contribution in [0.25, 0.3) is 0 Å². The Bertz CT molecular complexity index is 173. The highest BCUT2D eigenvalue weighted by Crippen LogP contribution is 2.13. The van der Waals surface area contributed by atoms with Gasteiger partial charge in [0.05, 0.1) is 0 Å². The first-order valence-corrected chi connectivity index (χ1v) is 3.78. The van der Waals surface area contributed by atoms with Gasteiger partial charge in [-0.15, -0.1) is 0 Å². The first kappa shape index (κ1) is 12.2. The molecule has 6 heteroatoms. The van der Waals surface area contributed by atoms with Gasteiger partial charge < -0.3 is 10.4 Å². The third-order valence-corrected chi connectivity index (χ3v) is 1.86. The van der Waals surface area contributed by atoms with Crippen molar-refractivity contribution in [2.45, 2.75) is 26.1 Å². The van der Waals surface area contributed by atoms with Gasteiger partial charge in [-0.3, -0.25) is 0 Å². The van der Waals surface area contributed by atoms with Gasteiger partial charge in [-0.05, 0) is 19.4 Å². The number of rotatable bonds is 0. The van der Waals surface area contributed by atoms with E-state index in [1.54, 1.807) is 0 Å². The molecule has 0 saturated carbocycles. The Morgan fingerprint density at radius 1 is 1.46 bits per heavy atom. The molecule has 1 aliphatic heterocycles. The van der Waals surface area contributed by atoms with E-state index in [0.29, 0.717) is 0 Å². The van der Waals surface area contributed by atoms with Crippen LogP contribution in [-0.4, -0.2) is 29.8 Å². The van der Waals surface area contributed by atoms with E-state index in [4.69, 9.17) is 9.90 Å². The second-order valence-electron chi connectivity index (χ2n) is 2.98. The number of nitrogens with one attached hydrogen (secondary N) is 1. The van der Waals surface area contributed by atoms with Gasteiger partial charge in [0, 0.05) is 6.04 Å². The zero-order valence-electron chi connectivity index (χ0n) is 7.35. The molecule has 3 nitrogen and oxygen atoms in total. The molecule has 1 fully saturated rings. The van der Waals surface area contributed by atoms with Crippen LogP contribution in [0.2, 0.25) is 0 Å². The lowest BCUT2D eigenvalue weighted by atomic mass is 9.96. The first-order valence-electron chi connectivity index (χ1n) is 3.78. The topological polar surface area (TPSA) is 49.3 Å². The number of halogens is 3. The van der Waals surface area contributed by atoms with Crippen molar-refractivity contribution in [2.75, 3.05) is 6.54 Å². The van der Waals surface area contributed by atoms with Crippen molar-refractivity contribution in [2.24, 2.45) is 5.92 Å². The molecule has 1 rings (SSSR count). The van der Waals surface area contributed by atoms with Gasteiger partial charge in [-0.25, -0.2) is 4.79 Å². The molecule has 2 N–H and O–H groups in total. The van der Waals surface area contributed by atoms with Crippen molar-refractivity contribution in [3.63, 3.8) is 0 Å². The van der Waals surface area contributed by atoms with Gasteiger partial charge in [-0.2, -0.15) is 13.2 Å². The van der Waals surface area contributed by atoms with E-state index in [9.17, 15) is 13.2 Å². The highest BCUT2D eigenvalue weighted by atomic mass is 19.4. The Labute approximate surface area is 73.9 Å². The minimum Gasteiger partial charge on any atom is -0.475 e. The van der Waals surface area contributed by atoms with E-state index in [-0.39, 0.29) is 0 Å². The van der Waals surface area contributed by atoms with Gasteiger partial charge in [0.1, 0.15) is 0 Å². The average Bonchev–Trinajstić information content (AvgIpc) is 2.00. The van der Waals surface area contributed by atoms with Crippen LogP contribution in [0.3, 0.4) is 0 Å². The largest absolute Gasteiger partial charge is 0.490 e. The summed E-state index contributed by atoms with van der Waals surface area (Å²) in [6, 6.07) is 0.782. The van der Waals surface area contributed by atoms with Crippen LogP contribution in [-0.2, 0) is 4.79 Å². The quantitative estimate of drug-likeness (QED) is 0.617. The van der Waals surface area contributed by atoms with E-state index in [0.717, 1.165) is 12.0 Å². The Balaban J connectivity index is 0.000000223. The van der Waals surface area contributed by atoms with E-state index in [1.165, 1.54) is 6.54 Å². The Morgan fingerprint density at radius 3 is 1.77 bits per heavy atom. The first-order chi connectivity index (χ1) is 5.75. The summed E-state index contributed by atoms with van der Waals surface area (Å²) >= 11 is 0. The second kappa shape index (κ2) is 4.45. The Kier molecular flexibility index (Phi) is 4.19. The van der Waals surface area contributed by atoms with E-state index < -0.39 is 12.1 Å². The van der Waals surface area contributed by atoms with Crippen molar-refractivity contribution in [3.8, 4) is 0 Å². The Hall–Kier alpha value is -0.780. The predicted octanol–water partition coefficient (Wildman–Crippen LogP) is 1.25. The lowest BCUT2D eigenvalue weighted by Gasteiger charge is -2.31. The zero-order chi connectivity index (χ0) is 10.6. The number of alkyl halides is 3. The number of carbonyl (C=O) groups is 1. The van der Waals surface area contributed by atoms with E-state index in [1.807, 2.05) is 0 Å². The molecular formula is C7H12F3NO2. The maximum Gasteiger partial charge on any atom is 0.490 e. The lowest BCUT2D eigenvalue weighted by Crippen LogP contribution is -2.49. The number of hydrogen-bond acceptors (Lipinski definition) is 2. The summed E-state index contributed by atoms with van der Waals surface area (Å²) in [4.78, 5) is 8.90. The fraction of sp³-hybridized carbons (Fsp3) is 0.857. The van der Waals surface area contributed by atoms with Crippen molar-refractivity contribution in [3.05, 3.63) is 0 Å². The highest BCUT2D eigenvalue weighted by Gasteiger charge is 2.38. The molecule has 1 aliphatic rings. The molecule has 2 atom stereocenters. The maximum absolute atomic E-state index is 10.6. The number of hydrogen-bond donors (Lipinski definition) is 2. The van der Waals surface area contributed by atoms with Crippen LogP contribution in [0, 0.1) is 5.92 Å². The van der Waals surface area contributed by atoms with Crippen LogP contribution < -0.4 is 5.32 Å². The second-order valence-corrected chi connectivity index (χ2v) is 2.98. The van der Waals surface area contributed by atoms with Crippen molar-refractivity contribution >= 4 is 5.97 Å². The van der Waals surface area contributed by atoms with Crippen molar-refractivity contribution in [1.82, 2.24) is 5.32 Å². The summed E-state index contributed by atoms with van der Waals surface area (Å²) in [6.45, 7) is 5.70. The van der Waals surface area contributed by atoms with Gasteiger partial charge in [0.15, 0.2) is 0 Å². The molecule has 2 unspecified atom stereocenters. The van der Waals surface area contributed by atoms with Crippen LogP contribution in [0.5, 0.6) is 0 Å².